The van der Waals surface area contributed by atoms with Gasteiger partial charge in [-0.15, -0.1) is 0 Å². The molecule has 4 unspecified atom stereocenters. The Morgan fingerprint density at radius 2 is 1.14 bits per heavy atom. The third kappa shape index (κ3) is 3.14. The zero-order valence-corrected chi connectivity index (χ0v) is 16.4. The number of hydrogen-bond acceptors (Lipinski definition) is 4. The summed E-state index contributed by atoms with van der Waals surface area (Å²) in [6.45, 7) is 12.7. The van der Waals surface area contributed by atoms with Crippen molar-refractivity contribution in [3.05, 3.63) is 73.7 Å². The Hall–Kier alpha value is -3.28. The van der Waals surface area contributed by atoms with E-state index >= 15 is 0 Å². The third-order valence-corrected chi connectivity index (χ3v) is 5.78. The molecule has 2 saturated heterocycles. The summed E-state index contributed by atoms with van der Waals surface area (Å²) in [7, 11) is 0. The van der Waals surface area contributed by atoms with Gasteiger partial charge in [-0.2, -0.15) is 0 Å². The van der Waals surface area contributed by atoms with Crippen molar-refractivity contribution in [2.75, 3.05) is 0 Å². The molecule has 0 N–H and O–H groups in total. The van der Waals surface area contributed by atoms with Crippen molar-refractivity contribution in [1.29, 1.82) is 0 Å². The second kappa shape index (κ2) is 7.99. The van der Waals surface area contributed by atoms with Crippen LogP contribution >= 0.6 is 0 Å². The van der Waals surface area contributed by atoms with E-state index in [4.69, 9.17) is 0 Å². The minimum Gasteiger partial charge on any atom is -0.274 e. The van der Waals surface area contributed by atoms with E-state index in [9.17, 15) is 19.2 Å². The molecule has 150 valence electrons. The topological polar surface area (TPSA) is 74.8 Å². The number of amides is 4. The van der Waals surface area contributed by atoms with Crippen molar-refractivity contribution < 1.29 is 19.2 Å². The van der Waals surface area contributed by atoms with Gasteiger partial charge in [-0.05, 0) is 44.1 Å². The second-order valence-corrected chi connectivity index (χ2v) is 7.28. The Morgan fingerprint density at radius 1 is 0.759 bits per heavy atom. The van der Waals surface area contributed by atoms with Crippen LogP contribution in [0.1, 0.15) is 19.8 Å². The Labute approximate surface area is 170 Å². The maximum absolute atomic E-state index is 13.0. The van der Waals surface area contributed by atoms with Crippen LogP contribution in [0.2, 0.25) is 0 Å². The molecule has 4 amide bonds. The lowest BCUT2D eigenvalue weighted by Gasteiger charge is -2.28. The van der Waals surface area contributed by atoms with Crippen molar-refractivity contribution in [2.45, 2.75) is 19.8 Å². The highest BCUT2D eigenvalue weighted by Crippen LogP contribution is 2.49. The molecular formula is C23H24N2O4. The number of imide groups is 2. The van der Waals surface area contributed by atoms with Gasteiger partial charge < -0.3 is 0 Å². The van der Waals surface area contributed by atoms with E-state index in [0.717, 1.165) is 9.80 Å². The lowest BCUT2D eigenvalue weighted by Crippen LogP contribution is -2.35. The molecule has 29 heavy (non-hydrogen) atoms. The molecule has 0 bridgehead atoms. The number of nitrogens with zero attached hydrogens (tertiary/aromatic N) is 2. The minimum atomic E-state index is -0.609. The predicted octanol–water partition coefficient (Wildman–Crippen LogP) is 2.88. The maximum atomic E-state index is 13.0. The molecule has 4 atom stereocenters. The van der Waals surface area contributed by atoms with E-state index in [0.29, 0.717) is 11.4 Å². The van der Waals surface area contributed by atoms with Crippen LogP contribution in [0.25, 0.3) is 0 Å². The van der Waals surface area contributed by atoms with Gasteiger partial charge in [0.15, 0.2) is 0 Å². The van der Waals surface area contributed by atoms with Crippen LogP contribution < -0.4 is 0 Å². The average molecular weight is 392 g/mol. The first-order valence-electron chi connectivity index (χ1n) is 9.57. The Bertz CT molecular complexity index is 866. The lowest BCUT2D eigenvalue weighted by atomic mass is 9.70. The van der Waals surface area contributed by atoms with Gasteiger partial charge in [0.1, 0.15) is 0 Å². The monoisotopic (exact) mass is 392 g/mol. The van der Waals surface area contributed by atoms with E-state index in [-0.39, 0.29) is 36.5 Å². The van der Waals surface area contributed by atoms with Crippen molar-refractivity contribution in [3.8, 4) is 0 Å². The molecule has 6 heteroatoms. The number of carbonyl (C=O) groups is 4. The summed E-state index contributed by atoms with van der Waals surface area (Å²) in [6.07, 6.45) is 11.3. The van der Waals surface area contributed by atoms with Crippen LogP contribution in [0, 0.1) is 23.7 Å². The number of carbonyl (C=O) groups excluding carboxylic acids is 4. The van der Waals surface area contributed by atoms with Crippen LogP contribution in [0.15, 0.2) is 73.7 Å². The molecule has 1 saturated carbocycles. The summed E-state index contributed by atoms with van der Waals surface area (Å²) in [5.41, 5.74) is 0.803. The minimum absolute atomic E-state index is 0.188. The van der Waals surface area contributed by atoms with Gasteiger partial charge in [-0.25, -0.2) is 0 Å². The Kier molecular flexibility index (Phi) is 5.64. The van der Waals surface area contributed by atoms with E-state index < -0.39 is 23.7 Å². The van der Waals surface area contributed by atoms with E-state index in [1.165, 1.54) is 18.2 Å². The molecule has 0 aromatic rings. The van der Waals surface area contributed by atoms with E-state index in [1.54, 1.807) is 31.2 Å². The summed E-state index contributed by atoms with van der Waals surface area (Å²) in [4.78, 5) is 54.3. The zero-order chi connectivity index (χ0) is 21.3. The molecule has 2 aliphatic heterocycles. The highest BCUT2D eigenvalue weighted by Gasteiger charge is 2.60. The third-order valence-electron chi connectivity index (χ3n) is 5.78. The van der Waals surface area contributed by atoms with Crippen molar-refractivity contribution in [1.82, 2.24) is 9.80 Å². The summed E-state index contributed by atoms with van der Waals surface area (Å²) < 4.78 is 0. The summed E-state index contributed by atoms with van der Waals surface area (Å²) >= 11 is 0. The predicted molar refractivity (Wildman–Crippen MR) is 108 cm³/mol. The summed E-state index contributed by atoms with van der Waals surface area (Å²) in [5.74, 6) is -3.77. The van der Waals surface area contributed by atoms with Crippen molar-refractivity contribution in [2.24, 2.45) is 23.7 Å². The number of likely N-dealkylation sites (tertiary alicyclic amines) is 2. The smallest absolute Gasteiger partial charge is 0.237 e. The zero-order valence-electron chi connectivity index (χ0n) is 16.4. The Morgan fingerprint density at radius 3 is 1.48 bits per heavy atom. The molecule has 0 radical (unpaired) electrons. The van der Waals surface area contributed by atoms with E-state index in [2.05, 4.69) is 19.7 Å². The fraction of sp³-hybridized carbons (Fsp3) is 0.304. The SMILES string of the molecule is C=C/C=C(\C=C)N1C(=O)C2CC3C(=O)N(C(/C=C\C)=C/C=C)C(=O)C3CC2C1=O. The van der Waals surface area contributed by atoms with Gasteiger partial charge in [0.05, 0.1) is 35.1 Å². The van der Waals surface area contributed by atoms with Gasteiger partial charge in [0.25, 0.3) is 0 Å². The number of allylic oxidation sites excluding steroid dienone is 7. The molecular weight excluding hydrogens is 368 g/mol. The van der Waals surface area contributed by atoms with Crippen LogP contribution in [0.5, 0.6) is 0 Å². The van der Waals surface area contributed by atoms with Gasteiger partial charge >= 0.3 is 0 Å². The number of hydrogen-bond donors (Lipinski definition) is 0. The van der Waals surface area contributed by atoms with Gasteiger partial charge in [-0.3, -0.25) is 29.0 Å². The number of rotatable bonds is 6. The molecule has 3 fully saturated rings. The summed E-state index contributed by atoms with van der Waals surface area (Å²) in [6, 6.07) is 0. The fourth-order valence-electron chi connectivity index (χ4n) is 4.54. The normalized spacial score (nSPS) is 30.1. The molecule has 0 aromatic heterocycles. The second-order valence-electron chi connectivity index (χ2n) is 7.28. The first kappa shape index (κ1) is 20.5. The van der Waals surface area contributed by atoms with Crippen molar-refractivity contribution >= 4 is 23.6 Å². The Balaban J connectivity index is 1.93. The molecule has 0 aromatic carbocycles. The summed E-state index contributed by atoms with van der Waals surface area (Å²) in [5, 5.41) is 0. The largest absolute Gasteiger partial charge is 0.274 e. The van der Waals surface area contributed by atoms with E-state index in [1.807, 2.05) is 0 Å². The quantitative estimate of drug-likeness (QED) is 0.515. The number of fused-ring (bicyclic) bond motifs is 2. The average Bonchev–Trinajstić information content (AvgIpc) is 3.09. The molecule has 2 heterocycles. The van der Waals surface area contributed by atoms with Crippen LogP contribution in [0.4, 0.5) is 0 Å². The first-order valence-corrected chi connectivity index (χ1v) is 9.57. The van der Waals surface area contributed by atoms with Crippen LogP contribution in [-0.2, 0) is 19.2 Å². The lowest BCUT2D eigenvalue weighted by molar-refractivity contribution is -0.137. The van der Waals surface area contributed by atoms with Gasteiger partial charge in [-0.1, -0.05) is 38.0 Å². The molecule has 3 rings (SSSR count). The highest BCUT2D eigenvalue weighted by atomic mass is 16.2. The van der Waals surface area contributed by atoms with Crippen LogP contribution in [0.3, 0.4) is 0 Å². The highest BCUT2D eigenvalue weighted by molar-refractivity contribution is 6.11. The standard InChI is InChI=1S/C23H24N2O4/c1-5-9-14(8-4)24-20(26)16-12-18-19(13-17(16)21(24)27)23(29)25(22(18)28)15(10-6-2)11-7-3/h5-11,16-19H,1-2,4,12-13H2,3H3/b11-7-,14-9+,15-10+. The van der Waals surface area contributed by atoms with Crippen LogP contribution in [-0.4, -0.2) is 33.4 Å². The molecule has 3 aliphatic rings. The maximum Gasteiger partial charge on any atom is 0.237 e. The molecule has 6 nitrogen and oxygen atoms in total. The van der Waals surface area contributed by atoms with Crippen molar-refractivity contribution in [3.63, 3.8) is 0 Å². The van der Waals surface area contributed by atoms with Gasteiger partial charge in [0.2, 0.25) is 23.6 Å². The first-order chi connectivity index (χ1) is 13.9. The molecule has 1 aliphatic carbocycles. The fourth-order valence-corrected chi connectivity index (χ4v) is 4.54. The molecule has 0 spiro atoms. The van der Waals surface area contributed by atoms with Gasteiger partial charge in [0, 0.05) is 0 Å².